The first kappa shape index (κ1) is 23.2. The number of benzene rings is 2. The average molecular weight is 446 g/mol. The average Bonchev–Trinajstić information content (AvgIpc) is 3.30. The number of para-hydroxylation sites is 2. The molecule has 1 saturated heterocycles. The van der Waals surface area contributed by atoms with Crippen molar-refractivity contribution in [2.24, 2.45) is 0 Å². The molecule has 1 aliphatic rings. The highest BCUT2D eigenvalue weighted by molar-refractivity contribution is 6.07. The summed E-state index contributed by atoms with van der Waals surface area (Å²) in [7, 11) is 1.33. The Labute approximate surface area is 184 Å². The fraction of sp³-hybridized carbons (Fsp3) is 0.304. The van der Waals surface area contributed by atoms with Crippen LogP contribution in [0.2, 0.25) is 0 Å². The van der Waals surface area contributed by atoms with Gasteiger partial charge in [0.25, 0.3) is 5.91 Å². The molecule has 0 aliphatic carbocycles. The first-order chi connectivity index (χ1) is 15.5. The monoisotopic (exact) mass is 446 g/mol. The van der Waals surface area contributed by atoms with Crippen LogP contribution < -0.4 is 20.1 Å². The fourth-order valence-corrected chi connectivity index (χ4v) is 3.28. The minimum atomic E-state index is -3.05. The van der Waals surface area contributed by atoms with Crippen molar-refractivity contribution in [1.29, 1.82) is 0 Å². The van der Waals surface area contributed by atoms with Gasteiger partial charge in [-0.05, 0) is 37.1 Å². The van der Waals surface area contributed by atoms with E-state index in [1.165, 1.54) is 25.3 Å². The number of anilines is 1. The van der Waals surface area contributed by atoms with Crippen LogP contribution in [-0.4, -0.2) is 44.8 Å². The number of amides is 2. The minimum absolute atomic E-state index is 0.00356. The number of carbonyl (C=O) groups is 2. The predicted octanol–water partition coefficient (Wildman–Crippen LogP) is 3.86. The van der Waals surface area contributed by atoms with Crippen LogP contribution in [0.15, 0.2) is 48.5 Å². The van der Waals surface area contributed by atoms with Crippen LogP contribution in [0, 0.1) is 0 Å². The van der Waals surface area contributed by atoms with E-state index in [4.69, 9.17) is 9.47 Å². The van der Waals surface area contributed by atoms with Gasteiger partial charge in [0.2, 0.25) is 5.91 Å². The number of rotatable bonds is 9. The van der Waals surface area contributed by atoms with Crippen LogP contribution in [-0.2, 0) is 9.53 Å². The summed E-state index contributed by atoms with van der Waals surface area (Å²) in [6.07, 6.45) is 4.35. The molecule has 9 heteroatoms. The number of hydrogen-bond acceptors (Lipinski definition) is 5. The van der Waals surface area contributed by atoms with E-state index in [0.717, 1.165) is 18.9 Å². The van der Waals surface area contributed by atoms with Crippen molar-refractivity contribution in [3.8, 4) is 11.5 Å². The Morgan fingerprint density at radius 1 is 1.22 bits per heavy atom. The molecule has 32 heavy (non-hydrogen) atoms. The lowest BCUT2D eigenvalue weighted by Crippen LogP contribution is -2.32. The van der Waals surface area contributed by atoms with Gasteiger partial charge in [0.1, 0.15) is 0 Å². The molecule has 1 atom stereocenters. The first-order valence-corrected chi connectivity index (χ1v) is 10.1. The van der Waals surface area contributed by atoms with Crippen LogP contribution in [0.1, 0.15) is 28.8 Å². The van der Waals surface area contributed by atoms with E-state index in [-0.39, 0.29) is 29.1 Å². The summed E-state index contributed by atoms with van der Waals surface area (Å²) in [5.74, 6) is -0.944. The van der Waals surface area contributed by atoms with Crippen LogP contribution in [0.25, 0.3) is 6.08 Å². The number of hydrogen-bond donors (Lipinski definition) is 2. The van der Waals surface area contributed by atoms with Crippen LogP contribution >= 0.6 is 0 Å². The maximum atomic E-state index is 12.8. The summed E-state index contributed by atoms with van der Waals surface area (Å²) >= 11 is 0. The first-order valence-electron chi connectivity index (χ1n) is 10.1. The molecule has 2 N–H and O–H groups in total. The molecule has 1 unspecified atom stereocenters. The van der Waals surface area contributed by atoms with Crippen LogP contribution in [0.5, 0.6) is 11.5 Å². The van der Waals surface area contributed by atoms with Gasteiger partial charge < -0.3 is 24.8 Å². The molecule has 3 rings (SSSR count). The lowest BCUT2D eigenvalue weighted by Gasteiger charge is -2.13. The number of alkyl halides is 2. The SMILES string of the molecule is COc1cccc(/C=C/C(=O)Nc2ccccc2C(=O)NCC2CCCO2)c1OC(F)F. The molecule has 0 radical (unpaired) electrons. The lowest BCUT2D eigenvalue weighted by atomic mass is 10.1. The molecule has 7 nitrogen and oxygen atoms in total. The number of carbonyl (C=O) groups excluding carboxylic acids is 2. The van der Waals surface area contributed by atoms with E-state index in [1.807, 2.05) is 0 Å². The lowest BCUT2D eigenvalue weighted by molar-refractivity contribution is -0.111. The summed E-state index contributed by atoms with van der Waals surface area (Å²) < 4.78 is 40.6. The summed E-state index contributed by atoms with van der Waals surface area (Å²) in [5, 5.41) is 5.46. The Morgan fingerprint density at radius 3 is 2.75 bits per heavy atom. The van der Waals surface area contributed by atoms with Gasteiger partial charge in [-0.15, -0.1) is 0 Å². The normalized spacial score (nSPS) is 15.7. The van der Waals surface area contributed by atoms with E-state index in [0.29, 0.717) is 24.4 Å². The topological polar surface area (TPSA) is 85.9 Å². The molecule has 0 bridgehead atoms. The third kappa shape index (κ3) is 6.27. The highest BCUT2D eigenvalue weighted by Gasteiger charge is 2.18. The van der Waals surface area contributed by atoms with E-state index in [1.54, 1.807) is 30.3 Å². The van der Waals surface area contributed by atoms with Gasteiger partial charge in [0.05, 0.1) is 24.5 Å². The quantitative estimate of drug-likeness (QED) is 0.572. The standard InChI is InChI=1S/C23H24F2N2O5/c1-30-19-10-4-6-15(21(19)32-23(24)25)11-12-20(28)27-18-9-3-2-8-17(18)22(29)26-14-16-7-5-13-31-16/h2-4,6,8-12,16,23H,5,7,13-14H2,1H3,(H,26,29)(H,27,28)/b12-11+. The fourth-order valence-electron chi connectivity index (χ4n) is 3.28. The molecule has 1 fully saturated rings. The second kappa shape index (κ2) is 11.2. The van der Waals surface area contributed by atoms with Gasteiger partial charge in [0.15, 0.2) is 11.5 Å². The number of methoxy groups -OCH3 is 1. The van der Waals surface area contributed by atoms with E-state index < -0.39 is 12.5 Å². The van der Waals surface area contributed by atoms with Crippen molar-refractivity contribution in [2.45, 2.75) is 25.6 Å². The zero-order valence-corrected chi connectivity index (χ0v) is 17.5. The Balaban J connectivity index is 1.69. The van der Waals surface area contributed by atoms with E-state index in [9.17, 15) is 18.4 Å². The third-order valence-electron chi connectivity index (χ3n) is 4.79. The van der Waals surface area contributed by atoms with Crippen molar-refractivity contribution in [3.05, 3.63) is 59.7 Å². The van der Waals surface area contributed by atoms with Crippen molar-refractivity contribution >= 4 is 23.6 Å². The maximum absolute atomic E-state index is 12.8. The minimum Gasteiger partial charge on any atom is -0.493 e. The molecule has 0 saturated carbocycles. The second-order valence-electron chi connectivity index (χ2n) is 6.97. The molecule has 1 aliphatic heterocycles. The van der Waals surface area contributed by atoms with Crippen molar-refractivity contribution in [3.63, 3.8) is 0 Å². The van der Waals surface area contributed by atoms with E-state index >= 15 is 0 Å². The van der Waals surface area contributed by atoms with Crippen LogP contribution in [0.3, 0.4) is 0 Å². The number of nitrogens with one attached hydrogen (secondary N) is 2. The highest BCUT2D eigenvalue weighted by atomic mass is 19.3. The Kier molecular flexibility index (Phi) is 8.15. The molecule has 2 amide bonds. The summed E-state index contributed by atoms with van der Waals surface area (Å²) in [4.78, 5) is 25.0. The summed E-state index contributed by atoms with van der Waals surface area (Å²) in [5.41, 5.74) is 0.861. The third-order valence-corrected chi connectivity index (χ3v) is 4.79. The summed E-state index contributed by atoms with van der Waals surface area (Å²) in [6.45, 7) is -1.96. The smallest absolute Gasteiger partial charge is 0.387 e. The number of halogens is 2. The molecule has 0 spiro atoms. The number of ether oxygens (including phenoxy) is 3. The van der Waals surface area contributed by atoms with Gasteiger partial charge in [-0.25, -0.2) is 0 Å². The summed E-state index contributed by atoms with van der Waals surface area (Å²) in [6, 6.07) is 11.1. The molecule has 2 aromatic carbocycles. The highest BCUT2D eigenvalue weighted by Crippen LogP contribution is 2.33. The Morgan fingerprint density at radius 2 is 2.03 bits per heavy atom. The van der Waals surface area contributed by atoms with Gasteiger partial charge in [-0.1, -0.05) is 24.3 Å². The second-order valence-corrected chi connectivity index (χ2v) is 6.97. The van der Waals surface area contributed by atoms with Crippen molar-refractivity contribution < 1.29 is 32.6 Å². The van der Waals surface area contributed by atoms with Gasteiger partial charge in [-0.3, -0.25) is 9.59 Å². The Bertz CT molecular complexity index is 975. The zero-order chi connectivity index (χ0) is 22.9. The van der Waals surface area contributed by atoms with Crippen LogP contribution in [0.4, 0.5) is 14.5 Å². The van der Waals surface area contributed by atoms with Gasteiger partial charge in [0, 0.05) is 24.8 Å². The van der Waals surface area contributed by atoms with Crippen molar-refractivity contribution in [1.82, 2.24) is 5.32 Å². The van der Waals surface area contributed by atoms with E-state index in [2.05, 4.69) is 15.4 Å². The predicted molar refractivity (Wildman–Crippen MR) is 115 cm³/mol. The zero-order valence-electron chi connectivity index (χ0n) is 17.5. The van der Waals surface area contributed by atoms with Gasteiger partial charge >= 0.3 is 6.61 Å². The Hall–Kier alpha value is -3.46. The molecular weight excluding hydrogens is 422 g/mol. The van der Waals surface area contributed by atoms with Crippen molar-refractivity contribution in [2.75, 3.05) is 25.6 Å². The molecule has 2 aromatic rings. The maximum Gasteiger partial charge on any atom is 0.387 e. The molecule has 0 aromatic heterocycles. The largest absolute Gasteiger partial charge is 0.493 e. The molecule has 1 heterocycles. The molecular formula is C23H24F2N2O5. The van der Waals surface area contributed by atoms with Gasteiger partial charge in [-0.2, -0.15) is 8.78 Å². The molecule has 170 valence electrons.